The van der Waals surface area contributed by atoms with E-state index in [0.717, 1.165) is 10.9 Å². The van der Waals surface area contributed by atoms with E-state index in [-0.39, 0.29) is 83.4 Å². The highest BCUT2D eigenvalue weighted by molar-refractivity contribution is 5.99. The molecule has 3 unspecified atom stereocenters. The predicted molar refractivity (Wildman–Crippen MR) is 266 cm³/mol. The Labute approximate surface area is 420 Å². The van der Waals surface area contributed by atoms with Crippen LogP contribution < -0.4 is 70.8 Å². The van der Waals surface area contributed by atoms with Crippen LogP contribution in [-0.2, 0) is 56.0 Å². The fourth-order valence-electron chi connectivity index (χ4n) is 7.87. The van der Waals surface area contributed by atoms with Gasteiger partial charge in [-0.3, -0.25) is 48.1 Å². The molecule has 3 aromatic rings. The Balaban J connectivity index is 1.73. The number of aliphatic hydroxyl groups excluding tert-OH is 1. The predicted octanol–water partition coefficient (Wildman–Crippen LogP) is -3.96. The molecule has 2 heterocycles. The maximum absolute atomic E-state index is 14.4. The number of rotatable bonds is 17. The number of H-pyrrole nitrogens is 1. The van der Waals surface area contributed by atoms with E-state index in [1.165, 1.54) is 6.92 Å². The Hall–Kier alpha value is -8.29. The summed E-state index contributed by atoms with van der Waals surface area (Å²) in [6, 6.07) is 4.53. The van der Waals surface area contributed by atoms with Crippen molar-refractivity contribution >= 4 is 76.1 Å². The Kier molecular flexibility index (Phi) is 22.9. The van der Waals surface area contributed by atoms with Crippen LogP contribution in [-0.4, -0.2) is 144 Å². The van der Waals surface area contributed by atoms with Crippen LogP contribution in [0.5, 0.6) is 0 Å². The number of aromatic amines is 1. The lowest BCUT2D eigenvalue weighted by Gasteiger charge is -2.27. The fourth-order valence-corrected chi connectivity index (χ4v) is 7.87. The van der Waals surface area contributed by atoms with Gasteiger partial charge in [-0.05, 0) is 62.1 Å². The number of aliphatic imine (C=N–C) groups is 1. The minimum absolute atomic E-state index is 0.000449. The molecule has 0 radical (unpaired) electrons. The summed E-state index contributed by atoms with van der Waals surface area (Å²) < 4.78 is 0. The smallest absolute Gasteiger partial charge is 0.312 e. The van der Waals surface area contributed by atoms with E-state index in [1.807, 2.05) is 18.2 Å². The van der Waals surface area contributed by atoms with Gasteiger partial charge in [0.15, 0.2) is 5.96 Å². The standard InChI is InChI=1S/C47H67N15O11/c1-26(64)56-32(16-9-19-53-46(49)50)40(67)61-36-23-38(65)52-18-8-7-15-31(39(48)66)57-43(70)35(22-28-24-55-30-14-6-5-13-29(28)30)60-41(68)33(17-10-20-54-47(51)73)58-42(69)34(21-27-11-3-2-4-12-27)59-45(72)37(25-63)62-44(36)71/h2-6,11-14,24,31-37,55,63H,7-10,15-23,25H2,1H3,(H2,48,66)(H,52,65)(H,56,64)(H,57,70)(H,58,69)(H,59,72)(H,60,68)(H,61,67)(H,62,71)(H4,49,50,53)(H3,51,54,73)/t31?,32-,33-,34?,35-,36?,37-/m0/s1. The molecule has 11 amide bonds. The number of hydrogen-bond donors (Lipinski definition) is 15. The molecule has 4 rings (SSSR count). The second kappa shape index (κ2) is 29.1. The molecule has 1 fully saturated rings. The van der Waals surface area contributed by atoms with Crippen LogP contribution in [0.25, 0.3) is 10.9 Å². The minimum Gasteiger partial charge on any atom is -0.394 e. The summed E-state index contributed by atoms with van der Waals surface area (Å²) in [6.45, 7) is 0.190. The van der Waals surface area contributed by atoms with Gasteiger partial charge in [-0.1, -0.05) is 48.5 Å². The minimum atomic E-state index is -1.78. The fraction of sp³-hybridized carbons (Fsp3) is 0.468. The van der Waals surface area contributed by atoms with E-state index in [0.29, 0.717) is 11.1 Å². The number of urea groups is 1. The number of nitrogens with two attached hydrogens (primary N) is 4. The lowest BCUT2D eigenvalue weighted by molar-refractivity contribution is -0.136. The molecule has 0 saturated carbocycles. The third kappa shape index (κ3) is 19.4. The number of hydrogen-bond acceptors (Lipinski definition) is 12. The Morgan fingerprint density at radius 2 is 1.38 bits per heavy atom. The summed E-state index contributed by atoms with van der Waals surface area (Å²) in [7, 11) is 0. The monoisotopic (exact) mass is 1020 g/mol. The Morgan fingerprint density at radius 3 is 2.05 bits per heavy atom. The van der Waals surface area contributed by atoms with Crippen LogP contribution in [0.1, 0.15) is 69.4 Å². The number of amides is 11. The highest BCUT2D eigenvalue weighted by atomic mass is 16.3. The molecule has 7 atom stereocenters. The topological polar surface area (TPSA) is 431 Å². The van der Waals surface area contributed by atoms with E-state index in [9.17, 15) is 53.1 Å². The van der Waals surface area contributed by atoms with Gasteiger partial charge in [-0.2, -0.15) is 0 Å². The molecule has 26 heteroatoms. The van der Waals surface area contributed by atoms with Crippen molar-refractivity contribution in [2.45, 2.75) is 113 Å². The molecule has 0 bridgehead atoms. The summed E-state index contributed by atoms with van der Waals surface area (Å²) in [6.07, 6.45) is 1.28. The zero-order valence-electron chi connectivity index (χ0n) is 40.5. The van der Waals surface area contributed by atoms with Crippen LogP contribution >= 0.6 is 0 Å². The number of guanidine groups is 1. The van der Waals surface area contributed by atoms with Crippen molar-refractivity contribution in [3.63, 3.8) is 0 Å². The summed E-state index contributed by atoms with van der Waals surface area (Å²) in [5.74, 6) is -8.07. The summed E-state index contributed by atoms with van der Waals surface area (Å²) in [4.78, 5) is 142. The maximum Gasteiger partial charge on any atom is 0.312 e. The van der Waals surface area contributed by atoms with Crippen LogP contribution in [0.4, 0.5) is 4.79 Å². The molecule has 19 N–H and O–H groups in total. The Bertz CT molecular complexity index is 2450. The molecule has 2 aromatic carbocycles. The second-order valence-corrected chi connectivity index (χ2v) is 17.4. The quantitative estimate of drug-likeness (QED) is 0.0349. The number of aromatic nitrogens is 1. The highest BCUT2D eigenvalue weighted by Gasteiger charge is 2.35. The van der Waals surface area contributed by atoms with E-state index >= 15 is 0 Å². The third-order valence-electron chi connectivity index (χ3n) is 11.6. The second-order valence-electron chi connectivity index (χ2n) is 17.4. The highest BCUT2D eigenvalue weighted by Crippen LogP contribution is 2.20. The van der Waals surface area contributed by atoms with Crippen LogP contribution in [0, 0.1) is 0 Å². The van der Waals surface area contributed by atoms with Crippen molar-refractivity contribution < 1.29 is 53.1 Å². The molecule has 1 aliphatic heterocycles. The third-order valence-corrected chi connectivity index (χ3v) is 11.6. The molecule has 1 aromatic heterocycles. The van der Waals surface area contributed by atoms with Crippen molar-refractivity contribution in [3.05, 3.63) is 71.9 Å². The van der Waals surface area contributed by atoms with E-state index < -0.39 is 115 Å². The van der Waals surface area contributed by atoms with Gasteiger partial charge in [-0.15, -0.1) is 0 Å². The summed E-state index contributed by atoms with van der Waals surface area (Å²) in [5, 5.41) is 34.1. The number of carbonyl (C=O) groups excluding carboxylic acids is 10. The summed E-state index contributed by atoms with van der Waals surface area (Å²) >= 11 is 0. The van der Waals surface area contributed by atoms with Gasteiger partial charge < -0.3 is 80.9 Å². The van der Waals surface area contributed by atoms with Gasteiger partial charge in [0.05, 0.1) is 13.0 Å². The van der Waals surface area contributed by atoms with Crippen LogP contribution in [0.3, 0.4) is 0 Å². The first-order valence-electron chi connectivity index (χ1n) is 23.8. The maximum atomic E-state index is 14.4. The number of benzene rings is 2. The first-order chi connectivity index (χ1) is 34.8. The molecular formula is C47H67N15O11. The van der Waals surface area contributed by atoms with Crippen LogP contribution in [0.15, 0.2) is 65.8 Å². The number of aliphatic hydroxyl groups is 1. The van der Waals surface area contributed by atoms with Gasteiger partial charge in [0.1, 0.15) is 42.3 Å². The van der Waals surface area contributed by atoms with Gasteiger partial charge in [0, 0.05) is 56.5 Å². The van der Waals surface area contributed by atoms with Gasteiger partial charge in [0.2, 0.25) is 53.2 Å². The molecule has 396 valence electrons. The van der Waals surface area contributed by atoms with Gasteiger partial charge >= 0.3 is 6.03 Å². The average Bonchev–Trinajstić information content (AvgIpc) is 3.75. The molecule has 26 nitrogen and oxygen atoms in total. The normalized spacial score (nSPS) is 21.3. The van der Waals surface area contributed by atoms with E-state index in [1.54, 1.807) is 42.6 Å². The molecule has 1 saturated heterocycles. The van der Waals surface area contributed by atoms with Crippen LogP contribution in [0.2, 0.25) is 0 Å². The largest absolute Gasteiger partial charge is 0.394 e. The van der Waals surface area contributed by atoms with Gasteiger partial charge in [-0.25, -0.2) is 4.79 Å². The molecule has 1 aliphatic rings. The lowest BCUT2D eigenvalue weighted by atomic mass is 10.0. The molecule has 0 aliphatic carbocycles. The number of fused-ring (bicyclic) bond motifs is 1. The zero-order chi connectivity index (χ0) is 53.5. The van der Waals surface area contributed by atoms with E-state index in [2.05, 4.69) is 57.8 Å². The lowest BCUT2D eigenvalue weighted by Crippen LogP contribution is -2.61. The first kappa shape index (κ1) is 57.3. The van der Waals surface area contributed by atoms with E-state index in [4.69, 9.17) is 22.9 Å². The number of para-hydroxylation sites is 1. The molecular weight excluding hydrogens is 951 g/mol. The number of nitrogens with zero attached hydrogens (tertiary/aromatic N) is 1. The zero-order valence-corrected chi connectivity index (χ0v) is 40.5. The SMILES string of the molecule is CC(=O)N[C@@H](CCCN=C(N)N)C(=O)NC1CC(=O)NCCCCC(C(N)=O)NC(=O)[C@H](Cc2c[nH]c3ccccc23)NC(=O)[C@H](CCCNC(N)=O)NC(=O)C(Cc2ccccc2)NC(=O)[C@H](CO)NC1=O. The molecule has 0 spiro atoms. The van der Waals surface area contributed by atoms with Gasteiger partial charge in [0.25, 0.3) is 0 Å². The number of nitrogens with one attached hydrogen (secondary N) is 10. The Morgan fingerprint density at radius 1 is 0.753 bits per heavy atom. The van der Waals surface area contributed by atoms with Crippen molar-refractivity contribution in [2.75, 3.05) is 26.2 Å². The van der Waals surface area contributed by atoms with Crippen molar-refractivity contribution in [2.24, 2.45) is 27.9 Å². The average molecular weight is 1020 g/mol. The summed E-state index contributed by atoms with van der Waals surface area (Å²) in [5.41, 5.74) is 23.7. The van der Waals surface area contributed by atoms with Crippen molar-refractivity contribution in [1.29, 1.82) is 0 Å². The first-order valence-corrected chi connectivity index (χ1v) is 23.8. The van der Waals surface area contributed by atoms with Crippen molar-refractivity contribution in [1.82, 2.24) is 52.8 Å². The number of primary amides is 2. The molecule has 73 heavy (non-hydrogen) atoms. The number of carbonyl (C=O) groups is 10. The van der Waals surface area contributed by atoms with Crippen molar-refractivity contribution in [3.8, 4) is 0 Å².